The second-order valence-corrected chi connectivity index (χ2v) is 3.24. The topological polar surface area (TPSA) is 0 Å². The maximum Gasteiger partial charge on any atom is 0.0283 e. The molecule has 1 atom stereocenters. The van der Waals surface area contributed by atoms with Gasteiger partial charge in [0.25, 0.3) is 0 Å². The Labute approximate surface area is 81.3 Å². The van der Waals surface area contributed by atoms with Crippen molar-refractivity contribution in [3.8, 4) is 0 Å². The molecule has 10 heavy (non-hydrogen) atoms. The van der Waals surface area contributed by atoms with Crippen LogP contribution < -0.4 is 0 Å². The molecule has 0 saturated heterocycles. The minimum absolute atomic E-state index is 0. The van der Waals surface area contributed by atoms with E-state index in [2.05, 4.69) is 44.0 Å². The van der Waals surface area contributed by atoms with E-state index < -0.39 is 0 Å². The molecule has 0 radical (unpaired) electrons. The molecule has 0 fully saturated rings. The Kier molecular flexibility index (Phi) is 5.61. The van der Waals surface area contributed by atoms with Crippen molar-refractivity contribution >= 4 is 41.8 Å². The van der Waals surface area contributed by atoms with Gasteiger partial charge in [-0.3, -0.25) is 0 Å². The highest BCUT2D eigenvalue weighted by molar-refractivity contribution is 9.10. The summed E-state index contributed by atoms with van der Waals surface area (Å²) in [5.74, 6) is 0. The highest BCUT2D eigenvalue weighted by Crippen LogP contribution is 2.11. The standard InChI is InChI=1S/C7H6Br2.H3P/c8-5-6-1-3-7(9)4-2-6;/h1-4H,5H2;1H3. The summed E-state index contributed by atoms with van der Waals surface area (Å²) in [5, 5.41) is 0.931. The molecule has 0 aliphatic heterocycles. The molecule has 0 N–H and O–H groups in total. The molecule has 0 aromatic heterocycles. The summed E-state index contributed by atoms with van der Waals surface area (Å²) < 4.78 is 1.13. The van der Waals surface area contributed by atoms with Gasteiger partial charge in [-0.15, -0.1) is 0 Å². The Morgan fingerprint density at radius 2 is 1.60 bits per heavy atom. The van der Waals surface area contributed by atoms with Crippen LogP contribution in [-0.2, 0) is 5.33 Å². The molecule has 0 aliphatic carbocycles. The third-order valence-corrected chi connectivity index (χ3v) is 2.24. The number of halogens is 2. The van der Waals surface area contributed by atoms with E-state index in [0.717, 1.165) is 9.80 Å². The maximum atomic E-state index is 3.37. The number of hydrogen-bond acceptors (Lipinski definition) is 0. The third kappa shape index (κ3) is 3.14. The highest BCUT2D eigenvalue weighted by atomic mass is 79.9. The molecule has 3 heteroatoms. The Balaban J connectivity index is 0.000000810. The lowest BCUT2D eigenvalue weighted by molar-refractivity contribution is 1.43. The second kappa shape index (κ2) is 5.29. The minimum Gasteiger partial charge on any atom is -0.153 e. The van der Waals surface area contributed by atoms with Crippen LogP contribution in [0.1, 0.15) is 5.56 Å². The minimum atomic E-state index is 0. The molecular formula is C7H9Br2P. The van der Waals surface area contributed by atoms with E-state index in [4.69, 9.17) is 0 Å². The number of rotatable bonds is 1. The van der Waals surface area contributed by atoms with Gasteiger partial charge in [-0.1, -0.05) is 44.0 Å². The normalized spacial score (nSPS) is 8.60. The van der Waals surface area contributed by atoms with Crippen LogP contribution >= 0.6 is 41.8 Å². The van der Waals surface area contributed by atoms with Crippen molar-refractivity contribution in [3.63, 3.8) is 0 Å². The Bertz CT molecular complexity index is 183. The van der Waals surface area contributed by atoms with Gasteiger partial charge in [0, 0.05) is 9.80 Å². The van der Waals surface area contributed by atoms with Gasteiger partial charge < -0.3 is 0 Å². The number of hydrogen-bond donors (Lipinski definition) is 0. The van der Waals surface area contributed by atoms with Gasteiger partial charge in [0.05, 0.1) is 0 Å². The summed E-state index contributed by atoms with van der Waals surface area (Å²) in [6.07, 6.45) is 0. The number of alkyl halides is 1. The molecule has 0 heterocycles. The maximum absolute atomic E-state index is 3.37. The van der Waals surface area contributed by atoms with Crippen molar-refractivity contribution in [2.75, 3.05) is 0 Å². The van der Waals surface area contributed by atoms with Crippen molar-refractivity contribution < 1.29 is 0 Å². The Morgan fingerprint density at radius 1 is 1.10 bits per heavy atom. The molecule has 0 bridgehead atoms. The molecule has 0 saturated carbocycles. The van der Waals surface area contributed by atoms with Gasteiger partial charge in [-0.2, -0.15) is 9.90 Å². The molecule has 1 unspecified atom stereocenters. The Hall–Kier alpha value is 0.610. The van der Waals surface area contributed by atoms with Crippen molar-refractivity contribution in [1.29, 1.82) is 0 Å². The summed E-state index contributed by atoms with van der Waals surface area (Å²) in [7, 11) is 0. The van der Waals surface area contributed by atoms with E-state index in [1.54, 1.807) is 0 Å². The molecule has 56 valence electrons. The predicted octanol–water partition coefficient (Wildman–Crippen LogP) is 3.40. The highest BCUT2D eigenvalue weighted by Gasteiger charge is 1.86. The summed E-state index contributed by atoms with van der Waals surface area (Å²) in [6, 6.07) is 8.24. The van der Waals surface area contributed by atoms with Crippen molar-refractivity contribution in [2.24, 2.45) is 0 Å². The smallest absolute Gasteiger partial charge is 0.0283 e. The lowest BCUT2D eigenvalue weighted by atomic mass is 10.2. The van der Waals surface area contributed by atoms with Crippen LogP contribution in [0.5, 0.6) is 0 Å². The summed E-state index contributed by atoms with van der Waals surface area (Å²) >= 11 is 6.73. The first-order chi connectivity index (χ1) is 4.33. The van der Waals surface area contributed by atoms with Crippen LogP contribution in [0.3, 0.4) is 0 Å². The second-order valence-electron chi connectivity index (χ2n) is 1.76. The zero-order valence-corrected chi connectivity index (χ0v) is 10.1. The molecule has 1 rings (SSSR count). The number of benzene rings is 1. The molecule has 0 spiro atoms. The molecule has 1 aromatic rings. The fourth-order valence-electron chi connectivity index (χ4n) is 0.573. The molecule has 0 aliphatic rings. The van der Waals surface area contributed by atoms with Gasteiger partial charge in [0.1, 0.15) is 0 Å². The summed E-state index contributed by atoms with van der Waals surface area (Å²) in [6.45, 7) is 0. The predicted molar refractivity (Wildman–Crippen MR) is 57.9 cm³/mol. The fraction of sp³-hybridized carbons (Fsp3) is 0.143. The van der Waals surface area contributed by atoms with E-state index in [1.807, 2.05) is 12.1 Å². The van der Waals surface area contributed by atoms with Crippen LogP contribution in [0.4, 0.5) is 0 Å². The fourth-order valence-corrected chi connectivity index (χ4v) is 1.21. The van der Waals surface area contributed by atoms with Gasteiger partial charge in [-0.25, -0.2) is 0 Å². The zero-order valence-electron chi connectivity index (χ0n) is 5.48. The molecule has 1 aromatic carbocycles. The van der Waals surface area contributed by atoms with Gasteiger partial charge in [-0.05, 0) is 17.7 Å². The quantitative estimate of drug-likeness (QED) is 0.547. The van der Waals surface area contributed by atoms with E-state index in [0.29, 0.717) is 0 Å². The first-order valence-electron chi connectivity index (χ1n) is 2.63. The first-order valence-corrected chi connectivity index (χ1v) is 4.55. The first kappa shape index (κ1) is 10.6. The lowest BCUT2D eigenvalue weighted by Gasteiger charge is -1.92. The van der Waals surface area contributed by atoms with Crippen molar-refractivity contribution in [3.05, 3.63) is 34.3 Å². The monoisotopic (exact) mass is 282 g/mol. The SMILES string of the molecule is BrCc1ccc(Br)cc1.P. The zero-order chi connectivity index (χ0) is 6.69. The van der Waals surface area contributed by atoms with Crippen molar-refractivity contribution in [1.82, 2.24) is 0 Å². The average molecular weight is 284 g/mol. The van der Waals surface area contributed by atoms with Crippen molar-refractivity contribution in [2.45, 2.75) is 5.33 Å². The average Bonchev–Trinajstić information content (AvgIpc) is 1.90. The summed E-state index contributed by atoms with van der Waals surface area (Å²) in [5.41, 5.74) is 1.30. The van der Waals surface area contributed by atoms with E-state index in [-0.39, 0.29) is 9.90 Å². The van der Waals surface area contributed by atoms with Gasteiger partial charge in [0.2, 0.25) is 0 Å². The molecule has 0 amide bonds. The van der Waals surface area contributed by atoms with Crippen LogP contribution in [0.2, 0.25) is 0 Å². The van der Waals surface area contributed by atoms with Gasteiger partial charge >= 0.3 is 0 Å². The largest absolute Gasteiger partial charge is 0.153 e. The molecular weight excluding hydrogens is 275 g/mol. The van der Waals surface area contributed by atoms with Gasteiger partial charge in [0.15, 0.2) is 0 Å². The van der Waals surface area contributed by atoms with E-state index in [1.165, 1.54) is 5.56 Å². The van der Waals surface area contributed by atoms with Crippen LogP contribution in [-0.4, -0.2) is 0 Å². The molecule has 0 nitrogen and oxygen atoms in total. The van der Waals surface area contributed by atoms with E-state index >= 15 is 0 Å². The van der Waals surface area contributed by atoms with E-state index in [9.17, 15) is 0 Å². The Morgan fingerprint density at radius 3 is 2.00 bits per heavy atom. The summed E-state index contributed by atoms with van der Waals surface area (Å²) in [4.78, 5) is 0. The van der Waals surface area contributed by atoms with Crippen LogP contribution in [0.25, 0.3) is 0 Å². The lowest BCUT2D eigenvalue weighted by Crippen LogP contribution is -1.73. The van der Waals surface area contributed by atoms with Crippen LogP contribution in [0.15, 0.2) is 28.7 Å². The van der Waals surface area contributed by atoms with Crippen LogP contribution in [0, 0.1) is 0 Å². The third-order valence-electron chi connectivity index (χ3n) is 1.07.